The lowest BCUT2D eigenvalue weighted by molar-refractivity contribution is 0.148. The predicted octanol–water partition coefficient (Wildman–Crippen LogP) is 0.173. The van der Waals surface area contributed by atoms with E-state index in [1.165, 1.54) is 0 Å². The lowest BCUT2D eigenvalue weighted by Gasteiger charge is -2.07. The van der Waals surface area contributed by atoms with Crippen LogP contribution in [0.4, 0.5) is 4.79 Å². The summed E-state index contributed by atoms with van der Waals surface area (Å²) in [5.41, 5.74) is 0. The maximum absolute atomic E-state index is 11.0. The Morgan fingerprint density at radius 3 is 2.29 bits per heavy atom. The monoisotopic (exact) mass is 203 g/mol. The Morgan fingerprint density at radius 2 is 1.79 bits per heavy atom. The maximum Gasteiger partial charge on any atom is 0.314 e. The fourth-order valence-electron chi connectivity index (χ4n) is 0.782. The molecule has 0 atom stereocenters. The van der Waals surface area contributed by atoms with Crippen LogP contribution in [0.1, 0.15) is 6.92 Å². The number of carbonyl (C=O) groups excluding carboxylic acids is 1. The first-order valence-electron chi connectivity index (χ1n) is 4.77. The molecule has 0 heterocycles. The van der Waals surface area contributed by atoms with Gasteiger partial charge in [0.05, 0.1) is 13.2 Å². The predicted molar refractivity (Wildman–Crippen MR) is 54.1 cm³/mol. The van der Waals surface area contributed by atoms with E-state index in [0.29, 0.717) is 39.5 Å². The Bertz CT molecular complexity index is 128. The number of hydrogen-bond acceptors (Lipinski definition) is 3. The molecule has 0 spiro atoms. The quantitative estimate of drug-likeness (QED) is 0.553. The zero-order valence-corrected chi connectivity index (χ0v) is 8.67. The Labute approximate surface area is 85.1 Å². The molecule has 5 heteroatoms. The van der Waals surface area contributed by atoms with Crippen LogP contribution in [-0.2, 0) is 9.47 Å². The fraction of sp³-hybridized carbons (Fsp3) is 0.778. The number of hydrogen-bond donors (Lipinski definition) is 2. The summed E-state index contributed by atoms with van der Waals surface area (Å²) in [4.78, 5) is 11.0. The topological polar surface area (TPSA) is 59.6 Å². The lowest BCUT2D eigenvalue weighted by Crippen LogP contribution is -2.38. The van der Waals surface area contributed by atoms with E-state index in [4.69, 9.17) is 9.47 Å². The van der Waals surface area contributed by atoms with E-state index in [-0.39, 0.29) is 6.03 Å². The van der Waals surface area contributed by atoms with E-state index >= 15 is 0 Å². The fourth-order valence-corrected chi connectivity index (χ4v) is 0.782. The first-order valence-corrected chi connectivity index (χ1v) is 4.77. The van der Waals surface area contributed by atoms with Crippen LogP contribution < -0.4 is 10.6 Å². The summed E-state index contributed by atoms with van der Waals surface area (Å²) in [6.45, 7) is 8.56. The Balaban J connectivity index is 3.11. The largest absolute Gasteiger partial charge is 0.380 e. The number of amides is 2. The number of urea groups is 1. The molecule has 83 valence electrons. The molecule has 0 rings (SSSR count). The summed E-state index contributed by atoms with van der Waals surface area (Å²) in [5, 5.41) is 5.28. The first kappa shape index (κ1) is 13.2. The SMILES string of the molecule is [CH2]COCCNC(=O)NCCOCC. The van der Waals surface area contributed by atoms with Crippen LogP contribution in [0, 0.1) is 6.92 Å². The van der Waals surface area contributed by atoms with Crippen molar-refractivity contribution in [2.24, 2.45) is 0 Å². The summed E-state index contributed by atoms with van der Waals surface area (Å²) in [7, 11) is 0. The van der Waals surface area contributed by atoms with Gasteiger partial charge >= 0.3 is 6.03 Å². The number of carbonyl (C=O) groups is 1. The van der Waals surface area contributed by atoms with Gasteiger partial charge in [-0.05, 0) is 13.8 Å². The van der Waals surface area contributed by atoms with Crippen molar-refractivity contribution in [1.29, 1.82) is 0 Å². The molecule has 0 saturated heterocycles. The van der Waals surface area contributed by atoms with E-state index in [2.05, 4.69) is 17.6 Å². The molecule has 0 aromatic heterocycles. The smallest absolute Gasteiger partial charge is 0.314 e. The molecular formula is C9H19N2O3. The van der Waals surface area contributed by atoms with Gasteiger partial charge in [-0.25, -0.2) is 4.79 Å². The lowest BCUT2D eigenvalue weighted by atomic mass is 10.6. The minimum absolute atomic E-state index is 0.197. The second-order valence-corrected chi connectivity index (χ2v) is 2.49. The molecule has 0 unspecified atom stereocenters. The van der Waals surface area contributed by atoms with Gasteiger partial charge in [0.2, 0.25) is 0 Å². The van der Waals surface area contributed by atoms with Gasteiger partial charge in [0.15, 0.2) is 0 Å². The molecule has 0 aliphatic heterocycles. The second kappa shape index (κ2) is 10.3. The third-order valence-electron chi connectivity index (χ3n) is 1.41. The third kappa shape index (κ3) is 9.28. The summed E-state index contributed by atoms with van der Waals surface area (Å²) >= 11 is 0. The molecule has 5 nitrogen and oxygen atoms in total. The zero-order chi connectivity index (χ0) is 10.6. The summed E-state index contributed by atoms with van der Waals surface area (Å²) < 4.78 is 10.0. The molecule has 0 saturated carbocycles. The summed E-state index contributed by atoms with van der Waals surface area (Å²) in [5.74, 6) is 0. The Kier molecular flexibility index (Phi) is 9.68. The molecular weight excluding hydrogens is 184 g/mol. The highest BCUT2D eigenvalue weighted by Gasteiger charge is 1.97. The minimum atomic E-state index is -0.197. The zero-order valence-electron chi connectivity index (χ0n) is 8.67. The standard InChI is InChI=1S/C9H19N2O3/c1-3-13-7-5-10-9(12)11-6-8-14-4-2/h1,3-8H2,2H3,(H2,10,11,12). The highest BCUT2D eigenvalue weighted by Crippen LogP contribution is 1.73. The average molecular weight is 203 g/mol. The van der Waals surface area contributed by atoms with E-state index in [1.54, 1.807) is 0 Å². The number of rotatable bonds is 8. The minimum Gasteiger partial charge on any atom is -0.380 e. The van der Waals surface area contributed by atoms with Crippen LogP contribution in [0.15, 0.2) is 0 Å². The normalized spacial score (nSPS) is 9.86. The van der Waals surface area contributed by atoms with Crippen LogP contribution in [0.3, 0.4) is 0 Å². The van der Waals surface area contributed by atoms with Crippen molar-refractivity contribution in [3.8, 4) is 0 Å². The van der Waals surface area contributed by atoms with Crippen molar-refractivity contribution in [3.05, 3.63) is 6.92 Å². The highest BCUT2D eigenvalue weighted by molar-refractivity contribution is 5.73. The van der Waals surface area contributed by atoms with Crippen molar-refractivity contribution in [1.82, 2.24) is 10.6 Å². The summed E-state index contributed by atoms with van der Waals surface area (Å²) in [6, 6.07) is -0.197. The molecule has 0 aromatic rings. The Hall–Kier alpha value is -0.810. The highest BCUT2D eigenvalue weighted by atomic mass is 16.5. The van der Waals surface area contributed by atoms with Gasteiger partial charge in [-0.15, -0.1) is 0 Å². The van der Waals surface area contributed by atoms with E-state index in [1.807, 2.05) is 6.92 Å². The molecule has 0 aliphatic rings. The first-order chi connectivity index (χ1) is 6.81. The van der Waals surface area contributed by atoms with Crippen LogP contribution >= 0.6 is 0 Å². The van der Waals surface area contributed by atoms with E-state index < -0.39 is 0 Å². The molecule has 1 radical (unpaired) electrons. The maximum atomic E-state index is 11.0. The van der Waals surface area contributed by atoms with Crippen molar-refractivity contribution >= 4 is 6.03 Å². The molecule has 14 heavy (non-hydrogen) atoms. The molecule has 2 amide bonds. The van der Waals surface area contributed by atoms with Gasteiger partial charge in [0.1, 0.15) is 0 Å². The van der Waals surface area contributed by atoms with Crippen molar-refractivity contribution in [3.63, 3.8) is 0 Å². The van der Waals surface area contributed by atoms with Crippen LogP contribution in [0.2, 0.25) is 0 Å². The van der Waals surface area contributed by atoms with Crippen LogP contribution in [0.5, 0.6) is 0 Å². The molecule has 0 aromatic carbocycles. The van der Waals surface area contributed by atoms with Crippen molar-refractivity contribution < 1.29 is 14.3 Å². The van der Waals surface area contributed by atoms with E-state index in [0.717, 1.165) is 0 Å². The average Bonchev–Trinajstić information content (AvgIpc) is 2.19. The van der Waals surface area contributed by atoms with Gasteiger partial charge in [-0.1, -0.05) is 0 Å². The van der Waals surface area contributed by atoms with Gasteiger partial charge in [0, 0.05) is 26.3 Å². The van der Waals surface area contributed by atoms with E-state index in [9.17, 15) is 4.79 Å². The third-order valence-corrected chi connectivity index (χ3v) is 1.41. The van der Waals surface area contributed by atoms with Gasteiger partial charge in [-0.2, -0.15) is 0 Å². The van der Waals surface area contributed by atoms with Crippen molar-refractivity contribution in [2.75, 3.05) is 39.5 Å². The number of nitrogens with one attached hydrogen (secondary N) is 2. The Morgan fingerprint density at radius 1 is 1.21 bits per heavy atom. The molecule has 0 bridgehead atoms. The van der Waals surface area contributed by atoms with Crippen LogP contribution in [0.25, 0.3) is 0 Å². The van der Waals surface area contributed by atoms with Crippen molar-refractivity contribution in [2.45, 2.75) is 6.92 Å². The molecule has 2 N–H and O–H groups in total. The van der Waals surface area contributed by atoms with Gasteiger partial charge in [-0.3, -0.25) is 0 Å². The number of ether oxygens (including phenoxy) is 2. The van der Waals surface area contributed by atoms with Gasteiger partial charge in [0.25, 0.3) is 0 Å². The van der Waals surface area contributed by atoms with Gasteiger partial charge < -0.3 is 20.1 Å². The second-order valence-electron chi connectivity index (χ2n) is 2.49. The molecule has 0 fully saturated rings. The summed E-state index contributed by atoms with van der Waals surface area (Å²) in [6.07, 6.45) is 0. The van der Waals surface area contributed by atoms with Crippen LogP contribution in [-0.4, -0.2) is 45.5 Å². The molecule has 0 aliphatic carbocycles.